The van der Waals surface area contributed by atoms with Gasteiger partial charge in [0.15, 0.2) is 5.78 Å². The number of benzene rings is 2. The van der Waals surface area contributed by atoms with Gasteiger partial charge >= 0.3 is 0 Å². The van der Waals surface area contributed by atoms with Crippen LogP contribution in [0.1, 0.15) is 28.4 Å². The summed E-state index contributed by atoms with van der Waals surface area (Å²) >= 11 is 7.62. The lowest BCUT2D eigenvalue weighted by atomic mass is 10.1. The third kappa shape index (κ3) is 6.24. The summed E-state index contributed by atoms with van der Waals surface area (Å²) in [5.74, 6) is 1.97. The van der Waals surface area contributed by atoms with E-state index in [9.17, 15) is 9.59 Å². The van der Waals surface area contributed by atoms with E-state index in [0.717, 1.165) is 49.1 Å². The van der Waals surface area contributed by atoms with Gasteiger partial charge in [-0.25, -0.2) is 0 Å². The standard InChI is InChI=1S/C23H27ClN2O3S/c1-17(27)19-6-7-22(29-2)20(13-19)15-30-16-23(28)26-10-8-25(9-11-26)14-18-4-3-5-21(24)12-18/h3-7,12-13H,8-11,14-16H2,1-2H3. The molecule has 1 aliphatic rings. The Morgan fingerprint density at radius 1 is 1.10 bits per heavy atom. The van der Waals surface area contributed by atoms with Crippen LogP contribution in [-0.2, 0) is 17.1 Å². The fourth-order valence-electron chi connectivity index (χ4n) is 3.50. The molecule has 3 rings (SSSR count). The number of hydrogen-bond acceptors (Lipinski definition) is 5. The molecule has 30 heavy (non-hydrogen) atoms. The van der Waals surface area contributed by atoms with E-state index in [2.05, 4.69) is 11.0 Å². The van der Waals surface area contributed by atoms with E-state index in [1.54, 1.807) is 31.9 Å². The lowest BCUT2D eigenvalue weighted by Crippen LogP contribution is -2.48. The number of carbonyl (C=O) groups excluding carboxylic acids is 2. The van der Waals surface area contributed by atoms with Crippen molar-refractivity contribution in [3.05, 3.63) is 64.2 Å². The van der Waals surface area contributed by atoms with Gasteiger partial charge in [0, 0.05) is 54.6 Å². The summed E-state index contributed by atoms with van der Waals surface area (Å²) in [6, 6.07) is 13.4. The molecule has 0 N–H and O–H groups in total. The van der Waals surface area contributed by atoms with Crippen LogP contribution in [-0.4, -0.2) is 60.5 Å². The summed E-state index contributed by atoms with van der Waals surface area (Å²) in [5.41, 5.74) is 2.79. The Hall–Kier alpha value is -2.02. The van der Waals surface area contributed by atoms with Crippen molar-refractivity contribution in [3.63, 3.8) is 0 Å². The summed E-state index contributed by atoms with van der Waals surface area (Å²) in [4.78, 5) is 28.5. The zero-order valence-electron chi connectivity index (χ0n) is 17.4. The highest BCUT2D eigenvalue weighted by Gasteiger charge is 2.21. The molecule has 2 aromatic carbocycles. The Morgan fingerprint density at radius 3 is 2.53 bits per heavy atom. The predicted octanol–water partition coefficient (Wildman–Crippen LogP) is 4.13. The molecule has 5 nitrogen and oxygen atoms in total. The lowest BCUT2D eigenvalue weighted by molar-refractivity contribution is -0.130. The third-order valence-corrected chi connectivity index (χ3v) is 6.39. The van der Waals surface area contributed by atoms with Crippen molar-refractivity contribution in [2.45, 2.75) is 19.2 Å². The fraction of sp³-hybridized carbons (Fsp3) is 0.391. The average Bonchev–Trinajstić information content (AvgIpc) is 2.74. The molecule has 1 heterocycles. The summed E-state index contributed by atoms with van der Waals surface area (Å²) < 4.78 is 5.39. The topological polar surface area (TPSA) is 49.9 Å². The number of carbonyl (C=O) groups is 2. The Bertz CT molecular complexity index is 898. The van der Waals surface area contributed by atoms with Gasteiger partial charge in [-0.3, -0.25) is 14.5 Å². The van der Waals surface area contributed by atoms with Crippen molar-refractivity contribution in [2.75, 3.05) is 39.0 Å². The normalized spacial score (nSPS) is 14.6. The van der Waals surface area contributed by atoms with Gasteiger partial charge in [0.1, 0.15) is 5.75 Å². The third-order valence-electron chi connectivity index (χ3n) is 5.19. The number of ether oxygens (including phenoxy) is 1. The first-order chi connectivity index (χ1) is 14.5. The SMILES string of the molecule is COc1ccc(C(C)=O)cc1CSCC(=O)N1CCN(Cc2cccc(Cl)c2)CC1. The van der Waals surface area contributed by atoms with Gasteiger partial charge in [0.05, 0.1) is 12.9 Å². The number of Topliss-reactive ketones (excluding diaryl/α,β-unsaturated/α-hetero) is 1. The number of ketones is 1. The van der Waals surface area contributed by atoms with Crippen molar-refractivity contribution in [1.29, 1.82) is 0 Å². The van der Waals surface area contributed by atoms with Crippen LogP contribution in [0.4, 0.5) is 0 Å². The monoisotopic (exact) mass is 446 g/mol. The maximum absolute atomic E-state index is 12.6. The lowest BCUT2D eigenvalue weighted by Gasteiger charge is -2.34. The van der Waals surface area contributed by atoms with Crippen LogP contribution in [0.25, 0.3) is 0 Å². The quantitative estimate of drug-likeness (QED) is 0.570. The molecule has 1 aliphatic heterocycles. The van der Waals surface area contributed by atoms with E-state index in [0.29, 0.717) is 17.1 Å². The number of rotatable bonds is 8. The first-order valence-corrected chi connectivity index (χ1v) is 11.5. The van der Waals surface area contributed by atoms with Crippen molar-refractivity contribution in [3.8, 4) is 5.75 Å². The molecule has 0 spiro atoms. The van der Waals surface area contributed by atoms with Crippen molar-refractivity contribution >= 4 is 35.1 Å². The molecule has 1 amide bonds. The Labute approximate surface area is 187 Å². The van der Waals surface area contributed by atoms with Crippen LogP contribution >= 0.6 is 23.4 Å². The number of halogens is 1. The van der Waals surface area contributed by atoms with Crippen LogP contribution in [0.15, 0.2) is 42.5 Å². The maximum Gasteiger partial charge on any atom is 0.232 e. The molecule has 0 saturated carbocycles. The van der Waals surface area contributed by atoms with Crippen LogP contribution in [0.5, 0.6) is 5.75 Å². The second kappa shape index (κ2) is 10.8. The number of amides is 1. The van der Waals surface area contributed by atoms with Gasteiger partial charge in [-0.05, 0) is 42.8 Å². The first kappa shape index (κ1) is 22.7. The van der Waals surface area contributed by atoms with Crippen molar-refractivity contribution in [1.82, 2.24) is 9.80 Å². The minimum absolute atomic E-state index is 0.0237. The van der Waals surface area contributed by atoms with Crippen LogP contribution in [0.3, 0.4) is 0 Å². The smallest absolute Gasteiger partial charge is 0.232 e. The minimum atomic E-state index is 0.0237. The number of hydrogen-bond donors (Lipinski definition) is 0. The molecule has 0 unspecified atom stereocenters. The van der Waals surface area contributed by atoms with Gasteiger partial charge in [-0.1, -0.05) is 23.7 Å². The highest BCUT2D eigenvalue weighted by molar-refractivity contribution is 7.99. The van der Waals surface area contributed by atoms with Crippen LogP contribution < -0.4 is 4.74 Å². The Morgan fingerprint density at radius 2 is 1.87 bits per heavy atom. The summed E-state index contributed by atoms with van der Waals surface area (Å²) in [6.07, 6.45) is 0. The predicted molar refractivity (Wildman–Crippen MR) is 122 cm³/mol. The van der Waals surface area contributed by atoms with E-state index >= 15 is 0 Å². The zero-order valence-corrected chi connectivity index (χ0v) is 19.0. The molecule has 160 valence electrons. The molecular weight excluding hydrogens is 420 g/mol. The molecule has 7 heteroatoms. The van der Waals surface area contributed by atoms with Gasteiger partial charge in [0.25, 0.3) is 0 Å². The molecule has 0 radical (unpaired) electrons. The largest absolute Gasteiger partial charge is 0.496 e. The maximum atomic E-state index is 12.6. The van der Waals surface area contributed by atoms with Crippen LogP contribution in [0, 0.1) is 0 Å². The Balaban J connectivity index is 1.45. The van der Waals surface area contributed by atoms with E-state index in [1.165, 1.54) is 5.56 Å². The van der Waals surface area contributed by atoms with Crippen LogP contribution in [0.2, 0.25) is 5.02 Å². The molecule has 1 fully saturated rings. The molecule has 1 saturated heterocycles. The summed E-state index contributed by atoms with van der Waals surface area (Å²) in [5, 5.41) is 0.754. The van der Waals surface area contributed by atoms with Gasteiger partial charge in [-0.2, -0.15) is 0 Å². The first-order valence-electron chi connectivity index (χ1n) is 9.96. The highest BCUT2D eigenvalue weighted by atomic mass is 35.5. The second-order valence-electron chi connectivity index (χ2n) is 7.36. The molecule has 2 aromatic rings. The van der Waals surface area contributed by atoms with E-state index < -0.39 is 0 Å². The second-order valence-corrected chi connectivity index (χ2v) is 8.78. The summed E-state index contributed by atoms with van der Waals surface area (Å²) in [7, 11) is 1.62. The number of thioether (sulfide) groups is 1. The number of methoxy groups -OCH3 is 1. The van der Waals surface area contributed by atoms with Crippen molar-refractivity contribution < 1.29 is 14.3 Å². The zero-order chi connectivity index (χ0) is 21.5. The van der Waals surface area contributed by atoms with E-state index in [4.69, 9.17) is 16.3 Å². The van der Waals surface area contributed by atoms with E-state index in [1.807, 2.05) is 35.2 Å². The van der Waals surface area contributed by atoms with Gasteiger partial charge in [0.2, 0.25) is 5.91 Å². The summed E-state index contributed by atoms with van der Waals surface area (Å²) in [6.45, 7) is 5.60. The number of piperazine rings is 1. The molecule has 0 atom stereocenters. The highest BCUT2D eigenvalue weighted by Crippen LogP contribution is 2.25. The molecule has 0 bridgehead atoms. The minimum Gasteiger partial charge on any atom is -0.496 e. The Kier molecular flexibility index (Phi) is 8.19. The molecule has 0 aromatic heterocycles. The van der Waals surface area contributed by atoms with Crippen molar-refractivity contribution in [2.24, 2.45) is 0 Å². The van der Waals surface area contributed by atoms with Gasteiger partial charge in [-0.15, -0.1) is 11.8 Å². The fourth-order valence-corrected chi connectivity index (χ4v) is 4.62. The molecule has 0 aliphatic carbocycles. The van der Waals surface area contributed by atoms with E-state index in [-0.39, 0.29) is 11.7 Å². The van der Waals surface area contributed by atoms with Gasteiger partial charge < -0.3 is 9.64 Å². The molecular formula is C23H27ClN2O3S. The number of nitrogens with zero attached hydrogens (tertiary/aromatic N) is 2. The average molecular weight is 447 g/mol.